The molecule has 0 spiro atoms. The molecule has 0 aliphatic carbocycles. The first kappa shape index (κ1) is 13.6. The van der Waals surface area contributed by atoms with E-state index in [0.29, 0.717) is 19.6 Å². The number of aliphatic carboxylic acids is 1. The van der Waals surface area contributed by atoms with Crippen LogP contribution in [0.2, 0.25) is 0 Å². The fourth-order valence-electron chi connectivity index (χ4n) is 1.11. The van der Waals surface area contributed by atoms with Crippen LogP contribution in [0.3, 0.4) is 0 Å². The van der Waals surface area contributed by atoms with Crippen LogP contribution in [0.15, 0.2) is 12.2 Å². The number of carboxylic acid groups (broad SMARTS) is 1. The van der Waals surface area contributed by atoms with Gasteiger partial charge in [0, 0.05) is 25.7 Å². The number of likely N-dealkylation sites (N-methyl/N-ethyl adjacent to an activating group) is 1. The lowest BCUT2D eigenvalue weighted by atomic mass is 10.4. The van der Waals surface area contributed by atoms with E-state index < -0.39 is 5.97 Å². The molecule has 0 aromatic rings. The van der Waals surface area contributed by atoms with Crippen molar-refractivity contribution in [1.82, 2.24) is 10.2 Å². The second kappa shape index (κ2) is 7.99. The Bertz CT molecular complexity index is 235. The highest BCUT2D eigenvalue weighted by atomic mass is 16.4. The summed E-state index contributed by atoms with van der Waals surface area (Å²) in [6, 6.07) is 0. The first-order valence-electron chi connectivity index (χ1n) is 4.99. The van der Waals surface area contributed by atoms with Gasteiger partial charge in [-0.15, -0.1) is 0 Å². The molecule has 5 heteroatoms. The van der Waals surface area contributed by atoms with E-state index in [9.17, 15) is 9.59 Å². The zero-order chi connectivity index (χ0) is 11.7. The average Bonchev–Trinajstić information content (AvgIpc) is 2.18. The molecule has 1 amide bonds. The highest BCUT2D eigenvalue weighted by Gasteiger charge is 2.07. The lowest BCUT2D eigenvalue weighted by Crippen LogP contribution is -2.37. The molecule has 2 N–H and O–H groups in total. The Morgan fingerprint density at radius 1 is 1.33 bits per heavy atom. The van der Waals surface area contributed by atoms with Gasteiger partial charge in [0.05, 0.1) is 6.54 Å². The van der Waals surface area contributed by atoms with Gasteiger partial charge in [0.15, 0.2) is 0 Å². The predicted octanol–water partition coefficient (Wildman–Crippen LogP) is 0.0852. The minimum Gasteiger partial charge on any atom is -0.478 e. The molecule has 0 fully saturated rings. The van der Waals surface area contributed by atoms with E-state index in [1.807, 2.05) is 13.8 Å². The highest BCUT2D eigenvalue weighted by molar-refractivity contribution is 5.80. The van der Waals surface area contributed by atoms with Gasteiger partial charge in [0.2, 0.25) is 5.91 Å². The fourth-order valence-corrected chi connectivity index (χ4v) is 1.11. The molecule has 0 atom stereocenters. The van der Waals surface area contributed by atoms with Gasteiger partial charge >= 0.3 is 5.97 Å². The molecular weight excluding hydrogens is 196 g/mol. The third kappa shape index (κ3) is 6.68. The summed E-state index contributed by atoms with van der Waals surface area (Å²) in [7, 11) is 0. The summed E-state index contributed by atoms with van der Waals surface area (Å²) in [6.07, 6.45) is 2.52. The Balaban J connectivity index is 3.67. The highest BCUT2D eigenvalue weighted by Crippen LogP contribution is 1.86. The summed E-state index contributed by atoms with van der Waals surface area (Å²) in [5, 5.41) is 11.1. The van der Waals surface area contributed by atoms with Crippen molar-refractivity contribution in [3.63, 3.8) is 0 Å². The number of amides is 1. The average molecular weight is 214 g/mol. The topological polar surface area (TPSA) is 69.6 Å². The minimum atomic E-state index is -0.980. The monoisotopic (exact) mass is 214 g/mol. The van der Waals surface area contributed by atoms with E-state index in [1.165, 1.54) is 6.08 Å². The van der Waals surface area contributed by atoms with E-state index >= 15 is 0 Å². The quantitative estimate of drug-likeness (QED) is 0.465. The molecule has 86 valence electrons. The standard InChI is InChI=1S/C10H18N2O3/c1-3-12(4-2)9(13)8-11-7-5-6-10(14)15/h5-6,11H,3-4,7-8H2,1-2H3,(H,14,15)/b6-5+. The van der Waals surface area contributed by atoms with Crippen LogP contribution in [0.4, 0.5) is 0 Å². The molecule has 0 aliphatic heterocycles. The predicted molar refractivity (Wildman–Crippen MR) is 57.6 cm³/mol. The van der Waals surface area contributed by atoms with Crippen molar-refractivity contribution in [3.8, 4) is 0 Å². The number of nitrogens with one attached hydrogen (secondary N) is 1. The molecule has 0 saturated heterocycles. The summed E-state index contributed by atoms with van der Waals surface area (Å²) >= 11 is 0. The molecule has 0 unspecified atom stereocenters. The number of nitrogens with zero attached hydrogens (tertiary/aromatic N) is 1. The normalized spacial score (nSPS) is 10.5. The van der Waals surface area contributed by atoms with Crippen LogP contribution in [-0.2, 0) is 9.59 Å². The Kier molecular flexibility index (Phi) is 7.27. The number of hydrogen-bond acceptors (Lipinski definition) is 3. The van der Waals surface area contributed by atoms with Gasteiger partial charge in [-0.1, -0.05) is 6.08 Å². The molecule has 0 aromatic carbocycles. The van der Waals surface area contributed by atoms with Crippen molar-refractivity contribution in [3.05, 3.63) is 12.2 Å². The largest absolute Gasteiger partial charge is 0.478 e. The third-order valence-electron chi connectivity index (χ3n) is 1.91. The van der Waals surface area contributed by atoms with Crippen molar-refractivity contribution in [2.75, 3.05) is 26.2 Å². The maximum absolute atomic E-state index is 11.4. The summed E-state index contributed by atoms with van der Waals surface area (Å²) in [5.74, 6) is -0.949. The lowest BCUT2D eigenvalue weighted by molar-refractivity contribution is -0.131. The van der Waals surface area contributed by atoms with E-state index in [2.05, 4.69) is 5.32 Å². The Labute approximate surface area is 89.8 Å². The molecule has 5 nitrogen and oxygen atoms in total. The van der Waals surface area contributed by atoms with Crippen LogP contribution >= 0.6 is 0 Å². The molecule has 0 bridgehead atoms. The van der Waals surface area contributed by atoms with Gasteiger partial charge < -0.3 is 15.3 Å². The molecular formula is C10H18N2O3. The van der Waals surface area contributed by atoms with Crippen molar-refractivity contribution in [2.24, 2.45) is 0 Å². The SMILES string of the molecule is CCN(CC)C(=O)CNC/C=C/C(=O)O. The van der Waals surface area contributed by atoms with Crippen LogP contribution in [-0.4, -0.2) is 48.1 Å². The van der Waals surface area contributed by atoms with E-state index in [4.69, 9.17) is 5.11 Å². The third-order valence-corrected chi connectivity index (χ3v) is 1.91. The second-order valence-electron chi connectivity index (χ2n) is 2.94. The molecule has 0 aromatic heterocycles. The Hall–Kier alpha value is -1.36. The maximum Gasteiger partial charge on any atom is 0.328 e. The molecule has 0 rings (SSSR count). The van der Waals surface area contributed by atoms with Crippen LogP contribution in [0.25, 0.3) is 0 Å². The summed E-state index contributed by atoms with van der Waals surface area (Å²) in [5.41, 5.74) is 0. The molecule has 0 radical (unpaired) electrons. The molecule has 0 saturated carbocycles. The number of carbonyl (C=O) groups excluding carboxylic acids is 1. The summed E-state index contributed by atoms with van der Waals surface area (Å²) < 4.78 is 0. The van der Waals surface area contributed by atoms with Crippen molar-refractivity contribution in [2.45, 2.75) is 13.8 Å². The molecule has 15 heavy (non-hydrogen) atoms. The van der Waals surface area contributed by atoms with Gasteiger partial charge in [0.1, 0.15) is 0 Å². The first-order chi connectivity index (χ1) is 7.11. The van der Waals surface area contributed by atoms with Crippen LogP contribution in [0.5, 0.6) is 0 Å². The van der Waals surface area contributed by atoms with Crippen molar-refractivity contribution in [1.29, 1.82) is 0 Å². The lowest BCUT2D eigenvalue weighted by Gasteiger charge is -2.18. The number of carboxylic acids is 1. The second-order valence-corrected chi connectivity index (χ2v) is 2.94. The number of hydrogen-bond donors (Lipinski definition) is 2. The van der Waals surface area contributed by atoms with Gasteiger partial charge in [-0.2, -0.15) is 0 Å². The smallest absolute Gasteiger partial charge is 0.328 e. The minimum absolute atomic E-state index is 0.0312. The zero-order valence-corrected chi connectivity index (χ0v) is 9.19. The Morgan fingerprint density at radius 2 is 1.93 bits per heavy atom. The van der Waals surface area contributed by atoms with E-state index in [0.717, 1.165) is 6.08 Å². The van der Waals surface area contributed by atoms with Crippen LogP contribution < -0.4 is 5.32 Å². The molecule has 0 heterocycles. The first-order valence-corrected chi connectivity index (χ1v) is 4.99. The van der Waals surface area contributed by atoms with Gasteiger partial charge in [0.25, 0.3) is 0 Å². The summed E-state index contributed by atoms with van der Waals surface area (Å²) in [6.45, 7) is 5.87. The van der Waals surface area contributed by atoms with E-state index in [1.54, 1.807) is 4.90 Å². The molecule has 0 aliphatic rings. The van der Waals surface area contributed by atoms with Gasteiger partial charge in [-0.3, -0.25) is 4.79 Å². The van der Waals surface area contributed by atoms with Crippen molar-refractivity contribution < 1.29 is 14.7 Å². The van der Waals surface area contributed by atoms with Crippen LogP contribution in [0, 0.1) is 0 Å². The number of rotatable bonds is 7. The maximum atomic E-state index is 11.4. The van der Waals surface area contributed by atoms with E-state index in [-0.39, 0.29) is 12.5 Å². The van der Waals surface area contributed by atoms with Crippen LogP contribution in [0.1, 0.15) is 13.8 Å². The fraction of sp³-hybridized carbons (Fsp3) is 0.600. The van der Waals surface area contributed by atoms with Crippen molar-refractivity contribution >= 4 is 11.9 Å². The number of carbonyl (C=O) groups is 2. The summed E-state index contributed by atoms with van der Waals surface area (Å²) in [4.78, 5) is 23.2. The van der Waals surface area contributed by atoms with Gasteiger partial charge in [-0.25, -0.2) is 4.79 Å². The van der Waals surface area contributed by atoms with Gasteiger partial charge in [-0.05, 0) is 13.8 Å². The Morgan fingerprint density at radius 3 is 2.40 bits per heavy atom. The zero-order valence-electron chi connectivity index (χ0n) is 9.19.